The molecule has 1 aromatic rings. The maximum atomic E-state index is 12.0. The van der Waals surface area contributed by atoms with Crippen molar-refractivity contribution in [2.75, 3.05) is 32.7 Å². The second-order valence-corrected chi connectivity index (χ2v) is 5.44. The quantitative estimate of drug-likeness (QED) is 0.765. The second kappa shape index (κ2) is 9.20. The molecule has 0 radical (unpaired) electrons. The van der Waals surface area contributed by atoms with E-state index in [0.717, 1.165) is 30.8 Å². The largest absolute Gasteiger partial charge is 0.353 e. The Morgan fingerprint density at radius 3 is 2.14 bits per heavy atom. The lowest BCUT2D eigenvalue weighted by atomic mass is 10.1. The Hall–Kier alpha value is -1.88. The van der Waals surface area contributed by atoms with Crippen LogP contribution in [0.2, 0.25) is 0 Å². The molecule has 0 aliphatic heterocycles. The molecule has 0 unspecified atom stereocenters. The van der Waals surface area contributed by atoms with E-state index in [1.54, 1.807) is 0 Å². The molecule has 0 heterocycles. The van der Waals surface area contributed by atoms with E-state index in [4.69, 9.17) is 0 Å². The lowest BCUT2D eigenvalue weighted by Crippen LogP contribution is -2.40. The van der Waals surface area contributed by atoms with Gasteiger partial charge in [0, 0.05) is 18.7 Å². The van der Waals surface area contributed by atoms with Crippen LogP contribution in [0.25, 0.3) is 0 Å². The normalized spacial score (nSPS) is 10.6. The van der Waals surface area contributed by atoms with E-state index in [-0.39, 0.29) is 18.4 Å². The van der Waals surface area contributed by atoms with Crippen LogP contribution in [0.15, 0.2) is 18.2 Å². The van der Waals surface area contributed by atoms with E-state index in [1.807, 2.05) is 32.0 Å². The molecule has 0 atom stereocenters. The fourth-order valence-corrected chi connectivity index (χ4v) is 2.32. The Balaban J connectivity index is 2.36. The molecule has 0 saturated heterocycles. The van der Waals surface area contributed by atoms with E-state index >= 15 is 0 Å². The molecule has 5 nitrogen and oxygen atoms in total. The Morgan fingerprint density at radius 2 is 1.59 bits per heavy atom. The zero-order valence-electron chi connectivity index (χ0n) is 14.0. The fraction of sp³-hybridized carbons (Fsp3) is 0.529. The van der Waals surface area contributed by atoms with Crippen molar-refractivity contribution < 1.29 is 9.59 Å². The van der Waals surface area contributed by atoms with Crippen LogP contribution in [-0.2, 0) is 4.79 Å². The van der Waals surface area contributed by atoms with Crippen molar-refractivity contribution >= 4 is 11.8 Å². The van der Waals surface area contributed by atoms with Crippen LogP contribution in [0.4, 0.5) is 0 Å². The number of benzene rings is 1. The average molecular weight is 305 g/mol. The first-order chi connectivity index (χ1) is 10.5. The summed E-state index contributed by atoms with van der Waals surface area (Å²) in [5, 5.41) is 5.47. The Bertz CT molecular complexity index is 490. The maximum absolute atomic E-state index is 12.0. The van der Waals surface area contributed by atoms with Gasteiger partial charge in [0.25, 0.3) is 5.91 Å². The van der Waals surface area contributed by atoms with Crippen molar-refractivity contribution in [1.82, 2.24) is 15.5 Å². The molecule has 0 aliphatic rings. The second-order valence-electron chi connectivity index (χ2n) is 5.44. The maximum Gasteiger partial charge on any atom is 0.251 e. The van der Waals surface area contributed by atoms with Crippen LogP contribution in [-0.4, -0.2) is 49.4 Å². The van der Waals surface area contributed by atoms with Gasteiger partial charge in [-0.05, 0) is 39.1 Å². The standard InChI is InChI=1S/C17H27N3O2/c1-5-20(6-2)8-7-18-16(21)12-19-17(22)15-10-13(3)9-14(4)11-15/h9-11H,5-8,12H2,1-4H3,(H,18,21)(H,19,22). The molecule has 0 aliphatic carbocycles. The highest BCUT2D eigenvalue weighted by Crippen LogP contribution is 2.08. The summed E-state index contributed by atoms with van der Waals surface area (Å²) in [6.45, 7) is 11.4. The SMILES string of the molecule is CCN(CC)CCNC(=O)CNC(=O)c1cc(C)cc(C)c1. The summed E-state index contributed by atoms with van der Waals surface area (Å²) in [7, 11) is 0. The van der Waals surface area contributed by atoms with E-state index in [0.29, 0.717) is 12.1 Å². The number of likely N-dealkylation sites (N-methyl/N-ethyl adjacent to an activating group) is 1. The third-order valence-electron chi connectivity index (χ3n) is 3.54. The van der Waals surface area contributed by atoms with E-state index in [2.05, 4.69) is 29.4 Å². The molecule has 1 rings (SSSR count). The molecule has 122 valence electrons. The zero-order chi connectivity index (χ0) is 16.5. The number of carbonyl (C=O) groups excluding carboxylic acids is 2. The van der Waals surface area contributed by atoms with Crippen LogP contribution in [0, 0.1) is 13.8 Å². The molecule has 22 heavy (non-hydrogen) atoms. The molecular weight excluding hydrogens is 278 g/mol. The molecular formula is C17H27N3O2. The van der Waals surface area contributed by atoms with Gasteiger partial charge in [0.2, 0.25) is 5.91 Å². The third-order valence-corrected chi connectivity index (χ3v) is 3.54. The van der Waals surface area contributed by atoms with Crippen molar-refractivity contribution in [3.8, 4) is 0 Å². The van der Waals surface area contributed by atoms with Crippen molar-refractivity contribution in [2.24, 2.45) is 0 Å². The van der Waals surface area contributed by atoms with Crippen molar-refractivity contribution in [3.63, 3.8) is 0 Å². The van der Waals surface area contributed by atoms with Gasteiger partial charge in [-0.3, -0.25) is 9.59 Å². The van der Waals surface area contributed by atoms with Gasteiger partial charge >= 0.3 is 0 Å². The minimum absolute atomic E-state index is 0.00404. The van der Waals surface area contributed by atoms with Gasteiger partial charge in [-0.2, -0.15) is 0 Å². The topological polar surface area (TPSA) is 61.4 Å². The highest BCUT2D eigenvalue weighted by Gasteiger charge is 2.09. The number of aryl methyl sites for hydroxylation is 2. The summed E-state index contributed by atoms with van der Waals surface area (Å²) in [5.74, 6) is -0.379. The first-order valence-corrected chi connectivity index (χ1v) is 7.81. The number of hydrogen-bond donors (Lipinski definition) is 2. The number of nitrogens with zero attached hydrogens (tertiary/aromatic N) is 1. The predicted molar refractivity (Wildman–Crippen MR) is 89.0 cm³/mol. The minimum Gasteiger partial charge on any atom is -0.353 e. The highest BCUT2D eigenvalue weighted by atomic mass is 16.2. The van der Waals surface area contributed by atoms with Gasteiger partial charge in [0.1, 0.15) is 0 Å². The Morgan fingerprint density at radius 1 is 1.00 bits per heavy atom. The molecule has 0 aromatic heterocycles. The average Bonchev–Trinajstić information content (AvgIpc) is 2.48. The summed E-state index contributed by atoms with van der Waals surface area (Å²) in [6, 6.07) is 5.65. The van der Waals surface area contributed by atoms with Gasteiger partial charge in [0.15, 0.2) is 0 Å². The van der Waals surface area contributed by atoms with Crippen LogP contribution < -0.4 is 10.6 Å². The van der Waals surface area contributed by atoms with E-state index in [9.17, 15) is 9.59 Å². The van der Waals surface area contributed by atoms with Gasteiger partial charge < -0.3 is 15.5 Å². The molecule has 1 aromatic carbocycles. The molecule has 0 fully saturated rings. The summed E-state index contributed by atoms with van der Waals surface area (Å²) < 4.78 is 0. The lowest BCUT2D eigenvalue weighted by molar-refractivity contribution is -0.120. The number of amides is 2. The molecule has 0 saturated carbocycles. The third kappa shape index (κ3) is 6.26. The van der Waals surface area contributed by atoms with Crippen LogP contribution in [0.5, 0.6) is 0 Å². The Kier molecular flexibility index (Phi) is 7.60. The lowest BCUT2D eigenvalue weighted by Gasteiger charge is -2.18. The summed E-state index contributed by atoms with van der Waals surface area (Å²) in [5.41, 5.74) is 2.66. The summed E-state index contributed by atoms with van der Waals surface area (Å²) >= 11 is 0. The molecule has 0 spiro atoms. The van der Waals surface area contributed by atoms with Crippen molar-refractivity contribution in [1.29, 1.82) is 0 Å². The molecule has 2 amide bonds. The van der Waals surface area contributed by atoms with E-state index in [1.165, 1.54) is 0 Å². The first kappa shape index (κ1) is 18.2. The van der Waals surface area contributed by atoms with Crippen molar-refractivity contribution in [2.45, 2.75) is 27.7 Å². The molecule has 0 bridgehead atoms. The van der Waals surface area contributed by atoms with Gasteiger partial charge in [-0.25, -0.2) is 0 Å². The van der Waals surface area contributed by atoms with E-state index < -0.39 is 0 Å². The minimum atomic E-state index is -0.217. The number of rotatable bonds is 8. The summed E-state index contributed by atoms with van der Waals surface area (Å²) in [6.07, 6.45) is 0. The van der Waals surface area contributed by atoms with Crippen LogP contribution in [0.3, 0.4) is 0 Å². The number of hydrogen-bond acceptors (Lipinski definition) is 3. The smallest absolute Gasteiger partial charge is 0.251 e. The zero-order valence-corrected chi connectivity index (χ0v) is 14.0. The van der Waals surface area contributed by atoms with Crippen molar-refractivity contribution in [3.05, 3.63) is 34.9 Å². The first-order valence-electron chi connectivity index (χ1n) is 7.81. The van der Waals surface area contributed by atoms with Gasteiger partial charge in [0.05, 0.1) is 6.54 Å². The Labute approximate surface area is 133 Å². The number of carbonyl (C=O) groups is 2. The molecule has 5 heteroatoms. The fourth-order valence-electron chi connectivity index (χ4n) is 2.32. The molecule has 2 N–H and O–H groups in total. The predicted octanol–water partition coefficient (Wildman–Crippen LogP) is 1.49. The van der Waals surface area contributed by atoms with Crippen LogP contribution in [0.1, 0.15) is 35.3 Å². The van der Waals surface area contributed by atoms with Gasteiger partial charge in [-0.1, -0.05) is 31.0 Å². The summed E-state index contributed by atoms with van der Waals surface area (Å²) in [4.78, 5) is 26.0. The van der Waals surface area contributed by atoms with Gasteiger partial charge in [-0.15, -0.1) is 0 Å². The van der Waals surface area contributed by atoms with Crippen LogP contribution >= 0.6 is 0 Å². The monoisotopic (exact) mass is 305 g/mol. The number of nitrogens with one attached hydrogen (secondary N) is 2. The highest BCUT2D eigenvalue weighted by molar-refractivity contribution is 5.96.